The molecule has 0 aromatic heterocycles. The monoisotopic (exact) mass is 380 g/mol. The minimum absolute atomic E-state index is 0.148. The molecule has 0 amide bonds. The van der Waals surface area contributed by atoms with E-state index in [9.17, 15) is 0 Å². The van der Waals surface area contributed by atoms with Gasteiger partial charge in [0, 0.05) is 16.2 Å². The molecule has 2 aromatic carbocycles. The highest BCUT2D eigenvalue weighted by Gasteiger charge is 2.61. The van der Waals surface area contributed by atoms with E-state index in [0.717, 1.165) is 0 Å². The molecule has 0 radical (unpaired) electrons. The number of hydrogen-bond acceptors (Lipinski definition) is 0. The van der Waals surface area contributed by atoms with Gasteiger partial charge in [-0.3, -0.25) is 0 Å². The lowest BCUT2D eigenvalue weighted by molar-refractivity contribution is 0.171. The van der Waals surface area contributed by atoms with Gasteiger partial charge in [0.15, 0.2) is 0 Å². The summed E-state index contributed by atoms with van der Waals surface area (Å²) < 4.78 is 0. The highest BCUT2D eigenvalue weighted by atomic mass is 14.6. The molecule has 0 aliphatic heterocycles. The maximum atomic E-state index is 2.46. The summed E-state index contributed by atoms with van der Waals surface area (Å²) in [5, 5.41) is 0. The molecular formula is C29H32. The third-order valence-corrected chi connectivity index (χ3v) is 8.05. The van der Waals surface area contributed by atoms with Gasteiger partial charge in [0.05, 0.1) is 0 Å². The van der Waals surface area contributed by atoms with Crippen LogP contribution in [0.2, 0.25) is 0 Å². The van der Waals surface area contributed by atoms with Crippen LogP contribution in [0.4, 0.5) is 0 Å². The van der Waals surface area contributed by atoms with Crippen molar-refractivity contribution in [2.45, 2.75) is 47.0 Å². The second-order valence-electron chi connectivity index (χ2n) is 9.17. The average molecular weight is 381 g/mol. The molecule has 2 aliphatic rings. The van der Waals surface area contributed by atoms with E-state index < -0.39 is 0 Å². The Kier molecular flexibility index (Phi) is 4.57. The van der Waals surface area contributed by atoms with Crippen molar-refractivity contribution in [1.29, 1.82) is 0 Å². The minimum Gasteiger partial charge on any atom is -0.0730 e. The molecule has 148 valence electrons. The largest absolute Gasteiger partial charge is 0.0730 e. The number of benzene rings is 2. The zero-order valence-corrected chi connectivity index (χ0v) is 18.6. The van der Waals surface area contributed by atoms with E-state index in [2.05, 4.69) is 127 Å². The second-order valence-corrected chi connectivity index (χ2v) is 9.17. The molecule has 2 aliphatic carbocycles. The molecular weight excluding hydrogens is 348 g/mol. The van der Waals surface area contributed by atoms with Crippen LogP contribution in [-0.2, 0) is 5.41 Å². The summed E-state index contributed by atoms with van der Waals surface area (Å²) in [7, 11) is 0. The van der Waals surface area contributed by atoms with Gasteiger partial charge in [-0.15, -0.1) is 0 Å². The zero-order chi connectivity index (χ0) is 20.9. The summed E-state index contributed by atoms with van der Waals surface area (Å²) in [6, 6.07) is 22.3. The van der Waals surface area contributed by atoms with Crippen LogP contribution in [0, 0.1) is 10.8 Å². The highest BCUT2D eigenvalue weighted by Crippen LogP contribution is 2.66. The van der Waals surface area contributed by atoms with Gasteiger partial charge in [0.25, 0.3) is 0 Å². The van der Waals surface area contributed by atoms with Crippen LogP contribution in [-0.4, -0.2) is 0 Å². The minimum atomic E-state index is -0.265. The predicted octanol–water partition coefficient (Wildman–Crippen LogP) is 7.80. The molecule has 0 bridgehead atoms. The lowest BCUT2D eigenvalue weighted by atomic mass is 9.44. The van der Waals surface area contributed by atoms with Gasteiger partial charge < -0.3 is 0 Å². The summed E-state index contributed by atoms with van der Waals surface area (Å²) in [5.41, 5.74) is 7.85. The van der Waals surface area contributed by atoms with Crippen molar-refractivity contribution in [3.63, 3.8) is 0 Å². The summed E-state index contributed by atoms with van der Waals surface area (Å²) in [5.74, 6) is 0. The predicted molar refractivity (Wildman–Crippen MR) is 125 cm³/mol. The van der Waals surface area contributed by atoms with Gasteiger partial charge in [-0.05, 0) is 38.8 Å². The van der Waals surface area contributed by atoms with Crippen LogP contribution in [0.1, 0.15) is 52.7 Å². The van der Waals surface area contributed by atoms with Crippen molar-refractivity contribution < 1.29 is 0 Å². The average Bonchev–Trinajstić information content (AvgIpc) is 3.16. The molecule has 0 nitrogen and oxygen atoms in total. The maximum absolute atomic E-state index is 2.46. The third-order valence-electron chi connectivity index (χ3n) is 8.05. The van der Waals surface area contributed by atoms with Gasteiger partial charge in [-0.25, -0.2) is 0 Å². The van der Waals surface area contributed by atoms with Crippen molar-refractivity contribution in [3.05, 3.63) is 118 Å². The van der Waals surface area contributed by atoms with Crippen molar-refractivity contribution in [2.24, 2.45) is 10.8 Å². The fourth-order valence-electron chi connectivity index (χ4n) is 6.00. The van der Waals surface area contributed by atoms with Crippen LogP contribution < -0.4 is 0 Å². The van der Waals surface area contributed by atoms with Gasteiger partial charge in [0.1, 0.15) is 0 Å². The van der Waals surface area contributed by atoms with Gasteiger partial charge in [0.2, 0.25) is 0 Å². The van der Waals surface area contributed by atoms with Crippen molar-refractivity contribution in [2.75, 3.05) is 0 Å². The van der Waals surface area contributed by atoms with Gasteiger partial charge in [-0.2, -0.15) is 0 Å². The maximum Gasteiger partial charge on any atom is 0.0453 e. The Morgan fingerprint density at radius 3 is 1.17 bits per heavy atom. The molecule has 0 heteroatoms. The smallest absolute Gasteiger partial charge is 0.0453 e. The molecule has 0 fully saturated rings. The third kappa shape index (κ3) is 2.45. The molecule has 2 atom stereocenters. The first kappa shape index (κ1) is 19.7. The lowest BCUT2D eigenvalue weighted by Crippen LogP contribution is -2.54. The Bertz CT molecular complexity index is 958. The Labute approximate surface area is 176 Å². The van der Waals surface area contributed by atoms with E-state index in [1.807, 2.05) is 0 Å². The zero-order valence-electron chi connectivity index (χ0n) is 18.6. The summed E-state index contributed by atoms with van der Waals surface area (Å²) in [4.78, 5) is 0. The Morgan fingerprint density at radius 1 is 0.552 bits per heavy atom. The van der Waals surface area contributed by atoms with E-state index in [-0.39, 0.29) is 16.2 Å². The van der Waals surface area contributed by atoms with E-state index in [1.165, 1.54) is 33.4 Å². The standard InChI is InChI=1S/C29H32/c1-21-17-19-27(5,23(21)3)29(25-13-9-7-10-14-25,26-15-11-8-12-16-26)28(6)20-18-22(2)24(28)4/h7-20H,1-6H3. The summed E-state index contributed by atoms with van der Waals surface area (Å²) in [6.07, 6.45) is 9.56. The fraction of sp³-hybridized carbons (Fsp3) is 0.310. The van der Waals surface area contributed by atoms with Gasteiger partial charge >= 0.3 is 0 Å². The number of allylic oxidation sites excluding steroid dienone is 8. The van der Waals surface area contributed by atoms with Crippen molar-refractivity contribution in [3.8, 4) is 0 Å². The van der Waals surface area contributed by atoms with Crippen molar-refractivity contribution >= 4 is 0 Å². The normalized spacial score (nSPS) is 26.7. The van der Waals surface area contributed by atoms with Gasteiger partial charge in [-0.1, -0.05) is 121 Å². The molecule has 2 aromatic rings. The first-order valence-corrected chi connectivity index (χ1v) is 10.6. The van der Waals surface area contributed by atoms with E-state index >= 15 is 0 Å². The topological polar surface area (TPSA) is 0 Å². The molecule has 29 heavy (non-hydrogen) atoms. The molecule has 0 saturated heterocycles. The Hall–Kier alpha value is -2.60. The molecule has 4 rings (SSSR count). The Balaban J connectivity index is 2.21. The van der Waals surface area contributed by atoms with Crippen LogP contribution in [0.5, 0.6) is 0 Å². The molecule has 0 N–H and O–H groups in total. The summed E-state index contributed by atoms with van der Waals surface area (Å²) >= 11 is 0. The lowest BCUT2D eigenvalue weighted by Gasteiger charge is -2.57. The quantitative estimate of drug-likeness (QED) is 0.507. The van der Waals surface area contributed by atoms with Crippen LogP contribution in [0.3, 0.4) is 0 Å². The molecule has 2 unspecified atom stereocenters. The molecule has 0 saturated carbocycles. The van der Waals surface area contributed by atoms with Crippen LogP contribution >= 0.6 is 0 Å². The van der Waals surface area contributed by atoms with E-state index in [1.54, 1.807) is 0 Å². The first-order chi connectivity index (χ1) is 13.8. The SMILES string of the molecule is CC1=C(C)C(C)(C(c2ccccc2)(c2ccccc2)C2(C)C=CC(C)=C2C)C=C1. The van der Waals surface area contributed by atoms with Crippen LogP contribution in [0.25, 0.3) is 0 Å². The van der Waals surface area contributed by atoms with Crippen LogP contribution in [0.15, 0.2) is 107 Å². The molecule has 0 spiro atoms. The molecule has 0 heterocycles. The first-order valence-electron chi connectivity index (χ1n) is 10.6. The number of hydrogen-bond donors (Lipinski definition) is 0. The fourth-order valence-corrected chi connectivity index (χ4v) is 6.00. The summed E-state index contributed by atoms with van der Waals surface area (Å²) in [6.45, 7) is 14.0. The number of rotatable bonds is 4. The van der Waals surface area contributed by atoms with E-state index in [0.29, 0.717) is 0 Å². The Morgan fingerprint density at radius 2 is 0.897 bits per heavy atom. The van der Waals surface area contributed by atoms with Crippen molar-refractivity contribution in [1.82, 2.24) is 0 Å². The second kappa shape index (κ2) is 6.73. The van der Waals surface area contributed by atoms with E-state index in [4.69, 9.17) is 0 Å². The highest BCUT2D eigenvalue weighted by molar-refractivity contribution is 5.60.